The molecule has 1 heterocycles. The minimum absolute atomic E-state index is 0.0742. The second-order valence-electron chi connectivity index (χ2n) is 6.22. The van der Waals surface area contributed by atoms with Crippen molar-refractivity contribution in [1.29, 1.82) is 0 Å². The number of amides is 2. The van der Waals surface area contributed by atoms with E-state index in [9.17, 15) is 9.59 Å². The predicted molar refractivity (Wildman–Crippen MR) is 110 cm³/mol. The molecule has 0 atom stereocenters. The first-order chi connectivity index (χ1) is 13.5. The highest BCUT2D eigenvalue weighted by Crippen LogP contribution is 2.40. The third-order valence-corrected chi connectivity index (χ3v) is 4.99. The number of nitrogens with one attached hydrogen (secondary N) is 1. The third kappa shape index (κ3) is 4.06. The fourth-order valence-corrected chi connectivity index (χ4v) is 3.61. The zero-order chi connectivity index (χ0) is 20.3. The number of nitrogens with zero attached hydrogens (tertiary/aromatic N) is 1. The van der Waals surface area contributed by atoms with Crippen LogP contribution < -0.4 is 24.4 Å². The molecule has 0 spiro atoms. The van der Waals surface area contributed by atoms with Crippen LogP contribution in [-0.4, -0.2) is 39.7 Å². The van der Waals surface area contributed by atoms with E-state index in [2.05, 4.69) is 21.2 Å². The lowest BCUT2D eigenvalue weighted by molar-refractivity contribution is -0.121. The van der Waals surface area contributed by atoms with Crippen molar-refractivity contribution in [3.05, 3.63) is 40.4 Å². The number of aryl methyl sites for hydroxylation is 1. The van der Waals surface area contributed by atoms with Gasteiger partial charge in [0, 0.05) is 34.4 Å². The van der Waals surface area contributed by atoms with Gasteiger partial charge in [0.15, 0.2) is 11.5 Å². The summed E-state index contributed by atoms with van der Waals surface area (Å²) in [6, 6.07) is 8.97. The molecule has 0 unspecified atom stereocenters. The lowest BCUT2D eigenvalue weighted by Gasteiger charge is -2.29. The van der Waals surface area contributed by atoms with Crippen LogP contribution in [0.2, 0.25) is 0 Å². The van der Waals surface area contributed by atoms with Gasteiger partial charge in [0.25, 0.3) is 0 Å². The Kier molecular flexibility index (Phi) is 6.08. The molecule has 1 aliphatic heterocycles. The number of hydrogen-bond acceptors (Lipinski definition) is 5. The van der Waals surface area contributed by atoms with Crippen LogP contribution in [0.15, 0.2) is 34.8 Å². The molecule has 28 heavy (non-hydrogen) atoms. The molecule has 2 aromatic rings. The summed E-state index contributed by atoms with van der Waals surface area (Å²) >= 11 is 3.44. The van der Waals surface area contributed by atoms with Crippen molar-refractivity contribution in [2.75, 3.05) is 38.1 Å². The van der Waals surface area contributed by atoms with Gasteiger partial charge in [-0.15, -0.1) is 0 Å². The number of rotatable bonds is 6. The van der Waals surface area contributed by atoms with Crippen molar-refractivity contribution in [3.63, 3.8) is 0 Å². The first-order valence-corrected chi connectivity index (χ1v) is 9.44. The second-order valence-corrected chi connectivity index (χ2v) is 7.13. The van der Waals surface area contributed by atoms with E-state index in [0.29, 0.717) is 35.8 Å². The van der Waals surface area contributed by atoms with Gasteiger partial charge in [-0.3, -0.25) is 9.59 Å². The number of benzene rings is 2. The zero-order valence-electron chi connectivity index (χ0n) is 15.9. The van der Waals surface area contributed by atoms with E-state index in [-0.39, 0.29) is 18.4 Å². The van der Waals surface area contributed by atoms with Crippen molar-refractivity contribution < 1.29 is 23.8 Å². The zero-order valence-corrected chi connectivity index (χ0v) is 17.5. The second kappa shape index (κ2) is 8.52. The highest BCUT2D eigenvalue weighted by atomic mass is 79.9. The molecule has 2 amide bonds. The monoisotopic (exact) mass is 448 g/mol. The van der Waals surface area contributed by atoms with Crippen molar-refractivity contribution in [2.24, 2.45) is 0 Å². The van der Waals surface area contributed by atoms with Gasteiger partial charge < -0.3 is 24.4 Å². The maximum absolute atomic E-state index is 12.6. The fraction of sp³-hybridized carbons (Fsp3) is 0.300. The molecule has 0 fully saturated rings. The van der Waals surface area contributed by atoms with E-state index in [1.807, 2.05) is 18.2 Å². The minimum Gasteiger partial charge on any atom is -0.493 e. The van der Waals surface area contributed by atoms with Crippen molar-refractivity contribution in [2.45, 2.75) is 12.8 Å². The summed E-state index contributed by atoms with van der Waals surface area (Å²) in [6.45, 7) is -0.0792. The molecule has 0 bridgehead atoms. The molecule has 0 aliphatic carbocycles. The average molecular weight is 449 g/mol. The normalized spacial score (nSPS) is 13.0. The van der Waals surface area contributed by atoms with E-state index in [1.165, 1.54) is 26.2 Å². The fourth-order valence-electron chi connectivity index (χ4n) is 3.20. The number of carbonyl (C=O) groups is 2. The van der Waals surface area contributed by atoms with Gasteiger partial charge in [-0.1, -0.05) is 15.9 Å². The first kappa shape index (κ1) is 20.0. The number of methoxy groups -OCH3 is 3. The van der Waals surface area contributed by atoms with Crippen LogP contribution in [0.3, 0.4) is 0 Å². The summed E-state index contributed by atoms with van der Waals surface area (Å²) in [7, 11) is 4.52. The van der Waals surface area contributed by atoms with E-state index >= 15 is 0 Å². The molecule has 148 valence electrons. The summed E-state index contributed by atoms with van der Waals surface area (Å²) in [5.41, 5.74) is 2.29. The Labute approximate surface area is 171 Å². The van der Waals surface area contributed by atoms with E-state index in [1.54, 1.807) is 12.1 Å². The van der Waals surface area contributed by atoms with Gasteiger partial charge >= 0.3 is 0 Å². The highest BCUT2D eigenvalue weighted by molar-refractivity contribution is 9.10. The predicted octanol–water partition coefficient (Wildman–Crippen LogP) is 3.39. The van der Waals surface area contributed by atoms with Crippen molar-refractivity contribution in [3.8, 4) is 17.2 Å². The maximum atomic E-state index is 12.6. The molecular formula is C20H21BrN2O5. The number of hydrogen-bond donors (Lipinski definition) is 1. The highest BCUT2D eigenvalue weighted by Gasteiger charge is 2.26. The van der Waals surface area contributed by atoms with Crippen LogP contribution in [0.25, 0.3) is 0 Å². The standard InChI is InChI=1S/C20H21BrN2O5/c1-26-16-9-14(10-17(27-2)20(16)28-3)22-18(24)11-23-15-6-5-13(21)8-12(15)4-7-19(23)25/h5-6,8-10H,4,7,11H2,1-3H3,(H,22,24). The molecule has 0 radical (unpaired) electrons. The molecule has 8 heteroatoms. The van der Waals surface area contributed by atoms with E-state index in [0.717, 1.165) is 15.7 Å². The summed E-state index contributed by atoms with van der Waals surface area (Å²) < 4.78 is 16.8. The lowest BCUT2D eigenvalue weighted by atomic mass is 10.0. The van der Waals surface area contributed by atoms with Crippen LogP contribution in [-0.2, 0) is 16.0 Å². The van der Waals surface area contributed by atoms with Gasteiger partial charge in [-0.2, -0.15) is 0 Å². The minimum atomic E-state index is -0.321. The molecule has 2 aromatic carbocycles. The van der Waals surface area contributed by atoms with Crippen LogP contribution in [0.4, 0.5) is 11.4 Å². The largest absolute Gasteiger partial charge is 0.493 e. The van der Waals surface area contributed by atoms with Crippen molar-refractivity contribution in [1.82, 2.24) is 0 Å². The van der Waals surface area contributed by atoms with Gasteiger partial charge in [-0.05, 0) is 30.2 Å². The molecule has 0 aromatic heterocycles. The first-order valence-electron chi connectivity index (χ1n) is 8.65. The summed E-state index contributed by atoms with van der Waals surface area (Å²) in [4.78, 5) is 26.5. The Morgan fingerprint density at radius 1 is 1.07 bits per heavy atom. The number of carbonyl (C=O) groups excluding carboxylic acids is 2. The Morgan fingerprint density at radius 3 is 2.36 bits per heavy atom. The molecule has 1 N–H and O–H groups in total. The number of anilines is 2. The smallest absolute Gasteiger partial charge is 0.244 e. The molecular weight excluding hydrogens is 428 g/mol. The maximum Gasteiger partial charge on any atom is 0.244 e. The lowest BCUT2D eigenvalue weighted by Crippen LogP contribution is -2.40. The van der Waals surface area contributed by atoms with Gasteiger partial charge in [0.05, 0.1) is 21.3 Å². The molecule has 0 saturated heterocycles. The number of halogens is 1. The molecule has 1 aliphatic rings. The van der Waals surface area contributed by atoms with Gasteiger partial charge in [0.1, 0.15) is 6.54 Å². The Bertz CT molecular complexity index is 890. The van der Waals surface area contributed by atoms with Gasteiger partial charge in [0.2, 0.25) is 17.6 Å². The molecule has 0 saturated carbocycles. The Hall–Kier alpha value is -2.74. The van der Waals surface area contributed by atoms with Crippen molar-refractivity contribution >= 4 is 39.1 Å². The summed E-state index contributed by atoms with van der Waals surface area (Å²) in [6.07, 6.45) is 1.04. The quantitative estimate of drug-likeness (QED) is 0.732. The summed E-state index contributed by atoms with van der Waals surface area (Å²) in [5, 5.41) is 2.80. The van der Waals surface area contributed by atoms with Crippen LogP contribution in [0, 0.1) is 0 Å². The Morgan fingerprint density at radius 2 is 1.75 bits per heavy atom. The average Bonchev–Trinajstić information content (AvgIpc) is 2.69. The van der Waals surface area contributed by atoms with E-state index in [4.69, 9.17) is 14.2 Å². The van der Waals surface area contributed by atoms with Crippen LogP contribution in [0.5, 0.6) is 17.2 Å². The number of ether oxygens (including phenoxy) is 3. The molecule has 7 nitrogen and oxygen atoms in total. The number of fused-ring (bicyclic) bond motifs is 1. The van der Waals surface area contributed by atoms with Crippen LogP contribution in [0.1, 0.15) is 12.0 Å². The Balaban J connectivity index is 1.80. The van der Waals surface area contributed by atoms with E-state index < -0.39 is 0 Å². The summed E-state index contributed by atoms with van der Waals surface area (Å²) in [5.74, 6) is 0.907. The topological polar surface area (TPSA) is 77.1 Å². The van der Waals surface area contributed by atoms with Crippen LogP contribution >= 0.6 is 15.9 Å². The SMILES string of the molecule is COc1cc(NC(=O)CN2C(=O)CCc3cc(Br)ccc32)cc(OC)c1OC. The van der Waals surface area contributed by atoms with Gasteiger partial charge in [-0.25, -0.2) is 0 Å². The third-order valence-electron chi connectivity index (χ3n) is 4.49. The molecule has 3 rings (SSSR count).